The molecule has 1 atom stereocenters. The normalized spacial score (nSPS) is 21.0. The van der Waals surface area contributed by atoms with E-state index in [0.717, 1.165) is 36.9 Å². The SMILES string of the molecule is C1CCNC1.NC(=O)[C@@H]1CCCCN1c1nc2ccccc2o1. The third-order valence-electron chi connectivity index (χ3n) is 4.32. The van der Waals surface area contributed by atoms with Crippen LogP contribution in [-0.2, 0) is 4.79 Å². The van der Waals surface area contributed by atoms with Crippen LogP contribution >= 0.6 is 0 Å². The quantitative estimate of drug-likeness (QED) is 0.886. The molecule has 0 spiro atoms. The molecule has 2 saturated heterocycles. The van der Waals surface area contributed by atoms with E-state index in [2.05, 4.69) is 10.3 Å². The Morgan fingerprint density at radius 1 is 1.22 bits per heavy atom. The number of nitrogens with one attached hydrogen (secondary N) is 1. The highest BCUT2D eigenvalue weighted by Crippen LogP contribution is 2.27. The molecule has 6 nitrogen and oxygen atoms in total. The van der Waals surface area contributed by atoms with E-state index in [9.17, 15) is 4.79 Å². The lowest BCUT2D eigenvalue weighted by Crippen LogP contribution is -2.48. The van der Waals surface area contributed by atoms with Crippen LogP contribution in [0.3, 0.4) is 0 Å². The topological polar surface area (TPSA) is 84.4 Å². The fraction of sp³-hybridized carbons (Fsp3) is 0.529. The summed E-state index contributed by atoms with van der Waals surface area (Å²) in [5.41, 5.74) is 6.98. The average Bonchev–Trinajstić information content (AvgIpc) is 3.27. The number of para-hydroxylation sites is 2. The van der Waals surface area contributed by atoms with Gasteiger partial charge < -0.3 is 20.4 Å². The van der Waals surface area contributed by atoms with Gasteiger partial charge in [0.05, 0.1) is 0 Å². The van der Waals surface area contributed by atoms with Gasteiger partial charge in [0.15, 0.2) is 5.58 Å². The molecule has 4 rings (SSSR count). The number of hydrogen-bond donors (Lipinski definition) is 2. The van der Waals surface area contributed by atoms with Gasteiger partial charge in [-0.1, -0.05) is 12.1 Å². The minimum absolute atomic E-state index is 0.299. The Hall–Kier alpha value is -2.08. The largest absolute Gasteiger partial charge is 0.423 e. The molecule has 2 fully saturated rings. The summed E-state index contributed by atoms with van der Waals surface area (Å²) in [6.07, 6.45) is 5.60. The number of primary amides is 1. The van der Waals surface area contributed by atoms with Crippen LogP contribution in [0.2, 0.25) is 0 Å². The molecule has 3 heterocycles. The predicted molar refractivity (Wildman–Crippen MR) is 90.3 cm³/mol. The molecule has 6 heteroatoms. The lowest BCUT2D eigenvalue weighted by atomic mass is 10.0. The number of oxazole rings is 1. The van der Waals surface area contributed by atoms with Crippen molar-refractivity contribution in [2.45, 2.75) is 38.1 Å². The van der Waals surface area contributed by atoms with Gasteiger partial charge in [-0.3, -0.25) is 4.79 Å². The molecule has 124 valence electrons. The average molecular weight is 316 g/mol. The molecule has 0 unspecified atom stereocenters. The van der Waals surface area contributed by atoms with Crippen LogP contribution in [0.15, 0.2) is 28.7 Å². The maximum absolute atomic E-state index is 11.5. The van der Waals surface area contributed by atoms with E-state index in [1.165, 1.54) is 25.9 Å². The van der Waals surface area contributed by atoms with Crippen molar-refractivity contribution in [3.63, 3.8) is 0 Å². The predicted octanol–water partition coefficient (Wildman–Crippen LogP) is 2.04. The zero-order valence-corrected chi connectivity index (χ0v) is 13.3. The van der Waals surface area contributed by atoms with Gasteiger partial charge in [0.1, 0.15) is 11.6 Å². The zero-order valence-electron chi connectivity index (χ0n) is 13.3. The van der Waals surface area contributed by atoms with Crippen LogP contribution < -0.4 is 16.0 Å². The van der Waals surface area contributed by atoms with Crippen molar-refractivity contribution in [3.05, 3.63) is 24.3 Å². The van der Waals surface area contributed by atoms with Crippen LogP contribution in [0.25, 0.3) is 11.1 Å². The van der Waals surface area contributed by atoms with Crippen molar-refractivity contribution < 1.29 is 9.21 Å². The molecule has 23 heavy (non-hydrogen) atoms. The number of nitrogens with zero attached hydrogens (tertiary/aromatic N) is 2. The summed E-state index contributed by atoms with van der Waals surface area (Å²) in [6, 6.07) is 7.78. The highest BCUT2D eigenvalue weighted by Gasteiger charge is 2.30. The first-order valence-corrected chi connectivity index (χ1v) is 8.38. The lowest BCUT2D eigenvalue weighted by Gasteiger charge is -2.32. The summed E-state index contributed by atoms with van der Waals surface area (Å²) in [6.45, 7) is 3.26. The molecule has 0 aliphatic carbocycles. The number of piperidine rings is 1. The minimum Gasteiger partial charge on any atom is -0.423 e. The molecule has 0 saturated carbocycles. The minimum atomic E-state index is -0.308. The number of fused-ring (bicyclic) bond motifs is 1. The highest BCUT2D eigenvalue weighted by molar-refractivity contribution is 5.84. The number of aromatic nitrogens is 1. The lowest BCUT2D eigenvalue weighted by molar-refractivity contribution is -0.119. The molecular weight excluding hydrogens is 292 g/mol. The Bertz CT molecular complexity index is 610. The monoisotopic (exact) mass is 316 g/mol. The summed E-state index contributed by atoms with van der Waals surface area (Å²) in [5.74, 6) is -0.308. The Kier molecular flexibility index (Phi) is 5.12. The van der Waals surface area contributed by atoms with Crippen LogP contribution in [0.5, 0.6) is 0 Å². The summed E-state index contributed by atoms with van der Waals surface area (Å²) in [7, 11) is 0. The van der Waals surface area contributed by atoms with Crippen molar-refractivity contribution in [2.24, 2.45) is 5.73 Å². The maximum atomic E-state index is 11.5. The van der Waals surface area contributed by atoms with E-state index in [1.54, 1.807) is 0 Å². The molecule has 2 aliphatic rings. The molecule has 0 bridgehead atoms. The van der Waals surface area contributed by atoms with Crippen molar-refractivity contribution in [3.8, 4) is 0 Å². The van der Waals surface area contributed by atoms with E-state index in [4.69, 9.17) is 10.2 Å². The Morgan fingerprint density at radius 3 is 2.65 bits per heavy atom. The van der Waals surface area contributed by atoms with E-state index >= 15 is 0 Å². The van der Waals surface area contributed by atoms with E-state index in [0.29, 0.717) is 6.01 Å². The van der Waals surface area contributed by atoms with Gasteiger partial charge in [0.2, 0.25) is 5.91 Å². The van der Waals surface area contributed by atoms with Crippen molar-refractivity contribution >= 4 is 23.0 Å². The van der Waals surface area contributed by atoms with Gasteiger partial charge in [0, 0.05) is 6.54 Å². The number of rotatable bonds is 2. The number of benzene rings is 1. The molecule has 2 aromatic rings. The van der Waals surface area contributed by atoms with Gasteiger partial charge in [0.25, 0.3) is 6.01 Å². The van der Waals surface area contributed by atoms with Gasteiger partial charge in [-0.05, 0) is 57.3 Å². The molecule has 1 aromatic heterocycles. The molecule has 1 amide bonds. The molecule has 1 aromatic carbocycles. The smallest absolute Gasteiger partial charge is 0.299 e. The van der Waals surface area contributed by atoms with E-state index in [1.807, 2.05) is 29.2 Å². The van der Waals surface area contributed by atoms with Crippen molar-refractivity contribution in [2.75, 3.05) is 24.5 Å². The number of amides is 1. The highest BCUT2D eigenvalue weighted by atomic mass is 16.4. The summed E-state index contributed by atoms with van der Waals surface area (Å²) < 4.78 is 5.69. The van der Waals surface area contributed by atoms with Crippen LogP contribution in [-0.4, -0.2) is 36.6 Å². The summed E-state index contributed by atoms with van der Waals surface area (Å²) in [4.78, 5) is 17.8. The molecule has 2 aliphatic heterocycles. The van der Waals surface area contributed by atoms with Crippen molar-refractivity contribution in [1.29, 1.82) is 0 Å². The summed E-state index contributed by atoms with van der Waals surface area (Å²) in [5, 5.41) is 3.22. The van der Waals surface area contributed by atoms with Crippen LogP contribution in [0, 0.1) is 0 Å². The third kappa shape index (κ3) is 3.82. The van der Waals surface area contributed by atoms with Gasteiger partial charge >= 0.3 is 0 Å². The second-order valence-electron chi connectivity index (χ2n) is 6.03. The Morgan fingerprint density at radius 2 is 2.00 bits per heavy atom. The second kappa shape index (κ2) is 7.46. The van der Waals surface area contributed by atoms with Gasteiger partial charge in [-0.25, -0.2) is 0 Å². The van der Waals surface area contributed by atoms with Gasteiger partial charge in [-0.2, -0.15) is 4.98 Å². The fourth-order valence-corrected chi connectivity index (χ4v) is 3.06. The fourth-order valence-electron chi connectivity index (χ4n) is 3.06. The third-order valence-corrected chi connectivity index (χ3v) is 4.32. The number of anilines is 1. The molecular formula is C17H24N4O2. The maximum Gasteiger partial charge on any atom is 0.299 e. The zero-order chi connectivity index (χ0) is 16.1. The van der Waals surface area contributed by atoms with Crippen LogP contribution in [0.4, 0.5) is 6.01 Å². The molecule has 3 N–H and O–H groups in total. The Balaban J connectivity index is 0.000000267. The number of carbonyl (C=O) groups is 1. The second-order valence-corrected chi connectivity index (χ2v) is 6.03. The van der Waals surface area contributed by atoms with E-state index < -0.39 is 0 Å². The molecule has 0 radical (unpaired) electrons. The van der Waals surface area contributed by atoms with E-state index in [-0.39, 0.29) is 11.9 Å². The van der Waals surface area contributed by atoms with Gasteiger partial charge in [-0.15, -0.1) is 0 Å². The standard InChI is InChI=1S/C13H15N3O2.C4H9N/c14-12(17)10-6-3-4-8-16(10)13-15-9-5-1-2-7-11(9)18-13;1-2-4-5-3-1/h1-2,5,7,10H,3-4,6,8H2,(H2,14,17);5H,1-4H2/t10-;/m0./s1. The first kappa shape index (κ1) is 15.8. The first-order valence-electron chi connectivity index (χ1n) is 8.38. The van der Waals surface area contributed by atoms with Crippen LogP contribution in [0.1, 0.15) is 32.1 Å². The Labute approximate surface area is 136 Å². The van der Waals surface area contributed by atoms with Crippen molar-refractivity contribution in [1.82, 2.24) is 10.3 Å². The number of carbonyl (C=O) groups excluding carboxylic acids is 1. The number of hydrogen-bond acceptors (Lipinski definition) is 5. The number of nitrogens with two attached hydrogens (primary N) is 1. The summed E-state index contributed by atoms with van der Waals surface area (Å²) >= 11 is 0. The first-order chi connectivity index (χ1) is 11.3.